The quantitative estimate of drug-likeness (QED) is 0.799. The fourth-order valence-corrected chi connectivity index (χ4v) is 3.09. The van der Waals surface area contributed by atoms with Gasteiger partial charge in [0.2, 0.25) is 0 Å². The summed E-state index contributed by atoms with van der Waals surface area (Å²) in [6, 6.07) is 0.281. The molecule has 1 aromatic heterocycles. The van der Waals surface area contributed by atoms with Crippen LogP contribution in [0.3, 0.4) is 0 Å². The number of hydrogen-bond donors (Lipinski definition) is 1. The van der Waals surface area contributed by atoms with E-state index >= 15 is 0 Å². The van der Waals surface area contributed by atoms with E-state index in [4.69, 9.17) is 16.3 Å². The van der Waals surface area contributed by atoms with E-state index in [1.54, 1.807) is 6.20 Å². The fraction of sp³-hybridized carbons (Fsp3) is 0.800. The molecule has 0 radical (unpaired) electrons. The number of aryl methyl sites for hydroxylation is 1. The first kappa shape index (κ1) is 15.8. The van der Waals surface area contributed by atoms with Crippen LogP contribution >= 0.6 is 11.6 Å². The first-order valence-electron chi connectivity index (χ1n) is 7.78. The van der Waals surface area contributed by atoms with Crippen LogP contribution in [0.5, 0.6) is 0 Å². The van der Waals surface area contributed by atoms with Gasteiger partial charge in [0.25, 0.3) is 0 Å². The topological polar surface area (TPSA) is 39.1 Å². The van der Waals surface area contributed by atoms with Crippen molar-refractivity contribution in [2.75, 3.05) is 19.8 Å². The lowest BCUT2D eigenvalue weighted by atomic mass is 9.97. The molecule has 0 saturated carbocycles. The monoisotopic (exact) mass is 299 g/mol. The molecule has 2 heterocycles. The molecule has 0 spiro atoms. The molecule has 1 aliphatic rings. The number of ether oxygens (including phenoxy) is 1. The second kappa shape index (κ2) is 8.01. The maximum atomic E-state index is 6.39. The third-order valence-corrected chi connectivity index (χ3v) is 4.12. The highest BCUT2D eigenvalue weighted by Crippen LogP contribution is 2.30. The predicted octanol–water partition coefficient (Wildman–Crippen LogP) is 3.41. The second-order valence-corrected chi connectivity index (χ2v) is 5.98. The number of nitrogens with zero attached hydrogens (tertiary/aromatic N) is 2. The van der Waals surface area contributed by atoms with Crippen LogP contribution in [0.2, 0.25) is 5.02 Å². The number of rotatable bonds is 8. The largest absolute Gasteiger partial charge is 0.381 e. The van der Waals surface area contributed by atoms with Gasteiger partial charge in [0.15, 0.2) is 0 Å². The number of nitrogens with one attached hydrogen (secondary N) is 1. The van der Waals surface area contributed by atoms with Crippen molar-refractivity contribution >= 4 is 11.6 Å². The van der Waals surface area contributed by atoms with E-state index in [9.17, 15) is 0 Å². The SMILES string of the molecule is CCCNC(CC1CCOC1)c1c(Cl)cnn1CCC. The zero-order valence-corrected chi connectivity index (χ0v) is 13.3. The Kier molecular flexibility index (Phi) is 6.33. The number of halogens is 1. The third-order valence-electron chi connectivity index (χ3n) is 3.83. The van der Waals surface area contributed by atoms with Gasteiger partial charge in [-0.3, -0.25) is 4.68 Å². The van der Waals surface area contributed by atoms with E-state index in [1.807, 2.05) is 0 Å². The smallest absolute Gasteiger partial charge is 0.0834 e. The third kappa shape index (κ3) is 3.96. The Balaban J connectivity index is 2.13. The minimum absolute atomic E-state index is 0.281. The summed E-state index contributed by atoms with van der Waals surface area (Å²) in [4.78, 5) is 0. The minimum Gasteiger partial charge on any atom is -0.381 e. The van der Waals surface area contributed by atoms with Crippen molar-refractivity contribution in [1.29, 1.82) is 0 Å². The summed E-state index contributed by atoms with van der Waals surface area (Å²) < 4.78 is 7.57. The van der Waals surface area contributed by atoms with Crippen LogP contribution in [0, 0.1) is 5.92 Å². The molecule has 1 fully saturated rings. The van der Waals surface area contributed by atoms with Gasteiger partial charge in [-0.25, -0.2) is 0 Å². The Hall–Kier alpha value is -0.580. The molecule has 2 unspecified atom stereocenters. The molecule has 2 rings (SSSR count). The molecule has 1 N–H and O–H groups in total. The van der Waals surface area contributed by atoms with E-state index in [1.165, 1.54) is 0 Å². The van der Waals surface area contributed by atoms with Crippen LogP contribution in [-0.2, 0) is 11.3 Å². The summed E-state index contributed by atoms with van der Waals surface area (Å²) in [7, 11) is 0. The second-order valence-electron chi connectivity index (χ2n) is 5.57. The molecule has 20 heavy (non-hydrogen) atoms. The Bertz CT molecular complexity index is 402. The highest BCUT2D eigenvalue weighted by Gasteiger charge is 2.25. The van der Waals surface area contributed by atoms with Crippen molar-refractivity contribution in [3.8, 4) is 0 Å². The Labute approximate surface area is 126 Å². The van der Waals surface area contributed by atoms with Crippen LogP contribution in [-0.4, -0.2) is 29.5 Å². The van der Waals surface area contributed by atoms with Crippen LogP contribution in [0.1, 0.15) is 51.3 Å². The predicted molar refractivity (Wildman–Crippen MR) is 82.1 cm³/mol. The first-order valence-corrected chi connectivity index (χ1v) is 8.16. The Morgan fingerprint density at radius 2 is 2.35 bits per heavy atom. The van der Waals surface area contributed by atoms with Crippen molar-refractivity contribution in [1.82, 2.24) is 15.1 Å². The molecule has 1 aliphatic heterocycles. The average molecular weight is 300 g/mol. The molecule has 1 aromatic rings. The van der Waals surface area contributed by atoms with Crippen LogP contribution < -0.4 is 5.32 Å². The van der Waals surface area contributed by atoms with E-state index in [0.29, 0.717) is 5.92 Å². The molecule has 2 atom stereocenters. The molecule has 0 aromatic carbocycles. The van der Waals surface area contributed by atoms with Gasteiger partial charge in [-0.2, -0.15) is 5.10 Å². The van der Waals surface area contributed by atoms with Crippen molar-refractivity contribution in [3.63, 3.8) is 0 Å². The molecular formula is C15H26ClN3O. The maximum absolute atomic E-state index is 6.39. The summed E-state index contributed by atoms with van der Waals surface area (Å²) in [6.45, 7) is 8.06. The van der Waals surface area contributed by atoms with Crippen LogP contribution in [0.15, 0.2) is 6.20 Å². The van der Waals surface area contributed by atoms with Crippen LogP contribution in [0.25, 0.3) is 0 Å². The summed E-state index contributed by atoms with van der Waals surface area (Å²) in [5.41, 5.74) is 1.15. The summed E-state index contributed by atoms with van der Waals surface area (Å²) in [6.07, 6.45) is 6.20. The van der Waals surface area contributed by atoms with Gasteiger partial charge in [-0.1, -0.05) is 25.4 Å². The van der Waals surface area contributed by atoms with Gasteiger partial charge >= 0.3 is 0 Å². The number of hydrogen-bond acceptors (Lipinski definition) is 3. The van der Waals surface area contributed by atoms with E-state index in [2.05, 4.69) is 28.9 Å². The van der Waals surface area contributed by atoms with Crippen molar-refractivity contribution < 1.29 is 4.74 Å². The first-order chi connectivity index (χ1) is 9.76. The van der Waals surface area contributed by atoms with Crippen molar-refractivity contribution in [3.05, 3.63) is 16.9 Å². The van der Waals surface area contributed by atoms with Crippen molar-refractivity contribution in [2.24, 2.45) is 5.92 Å². The van der Waals surface area contributed by atoms with Gasteiger partial charge in [0.1, 0.15) is 0 Å². The maximum Gasteiger partial charge on any atom is 0.0834 e. The number of aromatic nitrogens is 2. The average Bonchev–Trinajstić information content (AvgIpc) is 3.06. The molecule has 5 heteroatoms. The van der Waals surface area contributed by atoms with Gasteiger partial charge in [0, 0.05) is 19.8 Å². The molecule has 114 valence electrons. The summed E-state index contributed by atoms with van der Waals surface area (Å²) >= 11 is 6.39. The van der Waals surface area contributed by atoms with E-state index in [0.717, 1.165) is 62.7 Å². The zero-order valence-electron chi connectivity index (χ0n) is 12.6. The van der Waals surface area contributed by atoms with Gasteiger partial charge in [-0.15, -0.1) is 0 Å². The zero-order chi connectivity index (χ0) is 14.4. The van der Waals surface area contributed by atoms with Crippen LogP contribution in [0.4, 0.5) is 0 Å². The van der Waals surface area contributed by atoms with Gasteiger partial charge < -0.3 is 10.1 Å². The van der Waals surface area contributed by atoms with E-state index in [-0.39, 0.29) is 6.04 Å². The molecule has 4 nitrogen and oxygen atoms in total. The van der Waals surface area contributed by atoms with Crippen molar-refractivity contribution in [2.45, 2.75) is 52.1 Å². The lowest BCUT2D eigenvalue weighted by molar-refractivity contribution is 0.181. The normalized spacial score (nSPS) is 20.4. The minimum atomic E-state index is 0.281. The standard InChI is InChI=1S/C15H26ClN3O/c1-3-6-17-14(9-12-5-8-20-11-12)15-13(16)10-18-19(15)7-4-2/h10,12,14,17H,3-9,11H2,1-2H3. The summed E-state index contributed by atoms with van der Waals surface area (Å²) in [5, 5.41) is 8.84. The molecule has 0 amide bonds. The highest BCUT2D eigenvalue weighted by atomic mass is 35.5. The lowest BCUT2D eigenvalue weighted by Gasteiger charge is -2.23. The van der Waals surface area contributed by atoms with Gasteiger partial charge in [0.05, 0.1) is 23.0 Å². The Morgan fingerprint density at radius 3 is 3.00 bits per heavy atom. The lowest BCUT2D eigenvalue weighted by Crippen LogP contribution is -2.27. The summed E-state index contributed by atoms with van der Waals surface area (Å²) in [5.74, 6) is 0.630. The molecular weight excluding hydrogens is 274 g/mol. The Morgan fingerprint density at radius 1 is 1.50 bits per heavy atom. The molecule has 0 aliphatic carbocycles. The fourth-order valence-electron chi connectivity index (χ4n) is 2.82. The van der Waals surface area contributed by atoms with Gasteiger partial charge in [-0.05, 0) is 38.1 Å². The highest BCUT2D eigenvalue weighted by molar-refractivity contribution is 6.31. The van der Waals surface area contributed by atoms with E-state index < -0.39 is 0 Å². The molecule has 0 bridgehead atoms. The molecule has 1 saturated heterocycles.